The molecule has 1 aliphatic rings. The summed E-state index contributed by atoms with van der Waals surface area (Å²) in [5, 5.41) is 7.21. The Labute approximate surface area is 182 Å². The highest BCUT2D eigenvalue weighted by molar-refractivity contribution is 5.96. The van der Waals surface area contributed by atoms with E-state index < -0.39 is 0 Å². The quantitative estimate of drug-likeness (QED) is 0.666. The predicted molar refractivity (Wildman–Crippen MR) is 121 cm³/mol. The van der Waals surface area contributed by atoms with Gasteiger partial charge in [-0.3, -0.25) is 14.3 Å². The molecule has 0 bridgehead atoms. The zero-order valence-corrected chi connectivity index (χ0v) is 17.8. The molecule has 0 unspecified atom stereocenters. The first-order valence-corrected chi connectivity index (χ1v) is 10.8. The van der Waals surface area contributed by atoms with Crippen molar-refractivity contribution in [2.24, 2.45) is 13.0 Å². The van der Waals surface area contributed by atoms with Gasteiger partial charge in [-0.25, -0.2) is 0 Å². The first-order chi connectivity index (χ1) is 15.1. The number of amides is 2. The predicted octanol–water partition coefficient (Wildman–Crippen LogP) is 3.70. The maximum Gasteiger partial charge on any atom is 0.274 e. The molecule has 160 valence electrons. The molecule has 0 atom stereocenters. The van der Waals surface area contributed by atoms with Crippen LogP contribution >= 0.6 is 0 Å². The standard InChI is InChI=1S/C25H28N4O2/c1-28-23(26-24(30)17-20-10-6-3-7-11-20)18-22(27-28)25(31)29-14-12-21(13-15-29)16-19-8-4-2-5-9-19/h2-11,18,21H,12-17H2,1H3,(H,26,30). The second kappa shape index (κ2) is 9.60. The van der Waals surface area contributed by atoms with Gasteiger partial charge in [-0.1, -0.05) is 60.7 Å². The lowest BCUT2D eigenvalue weighted by Gasteiger charge is -2.31. The third-order valence-corrected chi connectivity index (χ3v) is 5.84. The number of nitrogens with zero attached hydrogens (tertiary/aromatic N) is 3. The highest BCUT2D eigenvalue weighted by atomic mass is 16.2. The Morgan fingerprint density at radius 3 is 2.23 bits per heavy atom. The number of piperidine rings is 1. The van der Waals surface area contributed by atoms with E-state index in [1.54, 1.807) is 17.8 Å². The van der Waals surface area contributed by atoms with Gasteiger partial charge in [0.1, 0.15) is 5.82 Å². The number of carbonyl (C=O) groups excluding carboxylic acids is 2. The van der Waals surface area contributed by atoms with Crippen LogP contribution in [0.2, 0.25) is 0 Å². The molecule has 1 aliphatic heterocycles. The topological polar surface area (TPSA) is 67.2 Å². The molecule has 3 aromatic rings. The van der Waals surface area contributed by atoms with Crippen molar-refractivity contribution in [2.75, 3.05) is 18.4 Å². The van der Waals surface area contributed by atoms with Gasteiger partial charge in [0.2, 0.25) is 5.91 Å². The second-order valence-corrected chi connectivity index (χ2v) is 8.17. The van der Waals surface area contributed by atoms with E-state index in [9.17, 15) is 9.59 Å². The minimum atomic E-state index is -0.130. The molecule has 31 heavy (non-hydrogen) atoms. The minimum absolute atomic E-state index is 0.0719. The highest BCUT2D eigenvalue weighted by Crippen LogP contribution is 2.23. The molecule has 2 amide bonds. The smallest absolute Gasteiger partial charge is 0.274 e. The number of hydrogen-bond donors (Lipinski definition) is 1. The van der Waals surface area contributed by atoms with E-state index in [-0.39, 0.29) is 18.2 Å². The lowest BCUT2D eigenvalue weighted by atomic mass is 9.90. The Hall–Kier alpha value is -3.41. The molecule has 6 nitrogen and oxygen atoms in total. The fourth-order valence-electron chi connectivity index (χ4n) is 4.11. The number of hydrogen-bond acceptors (Lipinski definition) is 3. The van der Waals surface area contributed by atoms with Crippen molar-refractivity contribution >= 4 is 17.6 Å². The van der Waals surface area contributed by atoms with E-state index in [1.807, 2.05) is 41.3 Å². The van der Waals surface area contributed by atoms with E-state index in [0.29, 0.717) is 17.4 Å². The average molecular weight is 417 g/mol. The van der Waals surface area contributed by atoms with Crippen molar-refractivity contribution in [1.82, 2.24) is 14.7 Å². The van der Waals surface area contributed by atoms with Crippen LogP contribution in [0.15, 0.2) is 66.7 Å². The first kappa shape index (κ1) is 20.8. The number of carbonyl (C=O) groups is 2. The van der Waals surface area contributed by atoms with Crippen molar-refractivity contribution in [3.63, 3.8) is 0 Å². The van der Waals surface area contributed by atoms with Crippen LogP contribution in [0.1, 0.15) is 34.5 Å². The Morgan fingerprint density at radius 1 is 0.968 bits per heavy atom. The number of aryl methyl sites for hydroxylation is 1. The van der Waals surface area contributed by atoms with E-state index >= 15 is 0 Å². The number of likely N-dealkylation sites (tertiary alicyclic amines) is 1. The van der Waals surface area contributed by atoms with Crippen molar-refractivity contribution < 1.29 is 9.59 Å². The van der Waals surface area contributed by atoms with Crippen LogP contribution in [-0.4, -0.2) is 39.6 Å². The summed E-state index contributed by atoms with van der Waals surface area (Å²) in [6.45, 7) is 1.48. The third kappa shape index (κ3) is 5.40. The molecule has 2 aromatic carbocycles. The van der Waals surface area contributed by atoms with Gasteiger partial charge < -0.3 is 10.2 Å². The summed E-state index contributed by atoms with van der Waals surface area (Å²) in [7, 11) is 1.74. The lowest BCUT2D eigenvalue weighted by molar-refractivity contribution is -0.115. The Morgan fingerprint density at radius 2 is 1.58 bits per heavy atom. The number of rotatable bonds is 6. The fourth-order valence-corrected chi connectivity index (χ4v) is 4.11. The number of benzene rings is 2. The lowest BCUT2D eigenvalue weighted by Crippen LogP contribution is -2.39. The molecule has 1 saturated heterocycles. The minimum Gasteiger partial charge on any atom is -0.337 e. The third-order valence-electron chi connectivity index (χ3n) is 5.84. The molecular weight excluding hydrogens is 388 g/mol. The average Bonchev–Trinajstić information content (AvgIpc) is 3.15. The van der Waals surface area contributed by atoms with Gasteiger partial charge in [0.05, 0.1) is 6.42 Å². The second-order valence-electron chi connectivity index (χ2n) is 8.17. The molecule has 1 aromatic heterocycles. The number of anilines is 1. The molecule has 0 aliphatic carbocycles. The summed E-state index contributed by atoms with van der Waals surface area (Å²) >= 11 is 0. The van der Waals surface area contributed by atoms with Gasteiger partial charge in [-0.15, -0.1) is 0 Å². The molecule has 1 fully saturated rings. The van der Waals surface area contributed by atoms with Crippen LogP contribution in [0.25, 0.3) is 0 Å². The maximum atomic E-state index is 12.9. The molecule has 4 rings (SSSR count). The van der Waals surface area contributed by atoms with Gasteiger partial charge >= 0.3 is 0 Å². The molecular formula is C25H28N4O2. The van der Waals surface area contributed by atoms with E-state index in [1.165, 1.54) is 5.56 Å². The summed E-state index contributed by atoms with van der Waals surface area (Å²) < 4.78 is 1.55. The van der Waals surface area contributed by atoms with Crippen LogP contribution < -0.4 is 5.32 Å². The van der Waals surface area contributed by atoms with Crippen LogP contribution in [0, 0.1) is 5.92 Å². The maximum absolute atomic E-state index is 12.9. The Bertz CT molecular complexity index is 1020. The first-order valence-electron chi connectivity index (χ1n) is 10.8. The van der Waals surface area contributed by atoms with Gasteiger partial charge in [0, 0.05) is 26.2 Å². The van der Waals surface area contributed by atoms with E-state index in [2.05, 4.69) is 34.7 Å². The van der Waals surface area contributed by atoms with Gasteiger partial charge in [-0.05, 0) is 36.3 Å². The summed E-state index contributed by atoms with van der Waals surface area (Å²) in [6, 6.07) is 21.8. The van der Waals surface area contributed by atoms with Gasteiger partial charge in [-0.2, -0.15) is 5.10 Å². The van der Waals surface area contributed by atoms with Crippen LogP contribution in [0.5, 0.6) is 0 Å². The molecule has 0 radical (unpaired) electrons. The SMILES string of the molecule is Cn1nc(C(=O)N2CCC(Cc3ccccc3)CC2)cc1NC(=O)Cc1ccccc1. The van der Waals surface area contributed by atoms with E-state index in [0.717, 1.165) is 37.9 Å². The van der Waals surface area contributed by atoms with Crippen molar-refractivity contribution in [3.8, 4) is 0 Å². The Kier molecular flexibility index (Phi) is 6.46. The normalized spacial score (nSPS) is 14.4. The van der Waals surface area contributed by atoms with Crippen LogP contribution in [0.4, 0.5) is 5.82 Å². The molecule has 1 N–H and O–H groups in total. The van der Waals surface area contributed by atoms with Crippen molar-refractivity contribution in [1.29, 1.82) is 0 Å². The largest absolute Gasteiger partial charge is 0.337 e. The Balaban J connectivity index is 1.32. The molecule has 0 spiro atoms. The highest BCUT2D eigenvalue weighted by Gasteiger charge is 2.26. The van der Waals surface area contributed by atoms with Crippen LogP contribution in [0.3, 0.4) is 0 Å². The van der Waals surface area contributed by atoms with Gasteiger partial charge in [0.25, 0.3) is 5.91 Å². The summed E-state index contributed by atoms with van der Waals surface area (Å²) in [4.78, 5) is 27.2. The number of nitrogens with one attached hydrogen (secondary N) is 1. The monoisotopic (exact) mass is 416 g/mol. The fraction of sp³-hybridized carbons (Fsp3) is 0.320. The molecule has 2 heterocycles. The summed E-state index contributed by atoms with van der Waals surface area (Å²) in [6.07, 6.45) is 3.33. The number of aromatic nitrogens is 2. The van der Waals surface area contributed by atoms with Crippen LogP contribution in [-0.2, 0) is 24.7 Å². The summed E-state index contributed by atoms with van der Waals surface area (Å²) in [5.41, 5.74) is 2.67. The van der Waals surface area contributed by atoms with Gasteiger partial charge in [0.15, 0.2) is 5.69 Å². The zero-order valence-electron chi connectivity index (χ0n) is 17.8. The zero-order chi connectivity index (χ0) is 21.6. The summed E-state index contributed by atoms with van der Waals surface area (Å²) in [5.74, 6) is 0.929. The van der Waals surface area contributed by atoms with E-state index in [4.69, 9.17) is 0 Å². The van der Waals surface area contributed by atoms with Crippen molar-refractivity contribution in [2.45, 2.75) is 25.7 Å². The van der Waals surface area contributed by atoms with Crippen molar-refractivity contribution in [3.05, 3.63) is 83.6 Å². The molecule has 0 saturated carbocycles. The molecule has 6 heteroatoms.